The first kappa shape index (κ1) is 27.6. The number of aliphatic hydroxyl groups is 1. The van der Waals surface area contributed by atoms with E-state index < -0.39 is 29.6 Å². The SMILES string of the molecule is COc1ccc(C(Nc2ncnc3c2ncn3[C@@H]2O[C@H](CI)[C@@H](O)[C@@]2(C)F)(c2ccccc2)c2ccccc2)cc1. The normalized spacial score (nSPS) is 22.6. The van der Waals surface area contributed by atoms with E-state index in [4.69, 9.17) is 9.47 Å². The van der Waals surface area contributed by atoms with Crippen LogP contribution in [0.3, 0.4) is 0 Å². The molecule has 1 aliphatic heterocycles. The van der Waals surface area contributed by atoms with E-state index in [2.05, 4.69) is 67.1 Å². The van der Waals surface area contributed by atoms with Crippen LogP contribution in [0.1, 0.15) is 29.8 Å². The van der Waals surface area contributed by atoms with E-state index in [0.717, 1.165) is 22.4 Å². The summed E-state index contributed by atoms with van der Waals surface area (Å²) in [4.78, 5) is 13.7. The molecule has 1 fully saturated rings. The van der Waals surface area contributed by atoms with Gasteiger partial charge in [0, 0.05) is 4.43 Å². The molecule has 1 saturated heterocycles. The largest absolute Gasteiger partial charge is 0.497 e. The van der Waals surface area contributed by atoms with Crippen molar-refractivity contribution in [3.8, 4) is 5.75 Å². The van der Waals surface area contributed by atoms with Crippen molar-refractivity contribution >= 4 is 39.6 Å². The Balaban J connectivity index is 1.53. The fourth-order valence-electron chi connectivity index (χ4n) is 5.57. The number of rotatable bonds is 8. The standard InChI is InChI=1S/C31H29FIN5O3/c1-30(32)26(39)24(17-33)41-29(30)38-19-36-25-27(34-18-35-28(25)38)37-31(20-9-5-3-6-10-20,21-11-7-4-8-12-21)22-13-15-23(40-2)16-14-22/h3-16,18-19,24,26,29,39H,17H2,1-2H3,(H,34,35,37)/t24-,26-,29-,30-/m1/s1. The van der Waals surface area contributed by atoms with Gasteiger partial charge in [0.05, 0.1) is 19.5 Å². The van der Waals surface area contributed by atoms with Gasteiger partial charge < -0.3 is 19.9 Å². The molecule has 0 spiro atoms. The summed E-state index contributed by atoms with van der Waals surface area (Å²) in [6.07, 6.45) is -0.102. The monoisotopic (exact) mass is 665 g/mol. The Labute approximate surface area is 250 Å². The number of methoxy groups -OCH3 is 1. The lowest BCUT2D eigenvalue weighted by molar-refractivity contribution is -0.0413. The first-order valence-corrected chi connectivity index (χ1v) is 14.7. The number of aromatic nitrogens is 4. The van der Waals surface area contributed by atoms with Crippen molar-refractivity contribution in [2.75, 3.05) is 16.9 Å². The maximum atomic E-state index is 15.8. The molecule has 41 heavy (non-hydrogen) atoms. The van der Waals surface area contributed by atoms with Gasteiger partial charge in [-0.05, 0) is 35.7 Å². The molecule has 0 bridgehead atoms. The summed E-state index contributed by atoms with van der Waals surface area (Å²) in [5.41, 5.74) is 0.818. The van der Waals surface area contributed by atoms with Crippen molar-refractivity contribution in [1.29, 1.82) is 0 Å². The van der Waals surface area contributed by atoms with Gasteiger partial charge >= 0.3 is 0 Å². The molecule has 2 aromatic heterocycles. The number of hydrogen-bond donors (Lipinski definition) is 2. The number of benzene rings is 3. The van der Waals surface area contributed by atoms with E-state index in [9.17, 15) is 5.11 Å². The van der Waals surface area contributed by atoms with Crippen LogP contribution in [0, 0.1) is 0 Å². The molecule has 0 aliphatic carbocycles. The minimum atomic E-state index is -2.04. The minimum Gasteiger partial charge on any atom is -0.497 e. The van der Waals surface area contributed by atoms with Gasteiger partial charge in [0.25, 0.3) is 0 Å². The number of ether oxygens (including phenoxy) is 2. The molecule has 8 nitrogen and oxygen atoms in total. The zero-order chi connectivity index (χ0) is 28.6. The van der Waals surface area contributed by atoms with Crippen LogP contribution in [0.2, 0.25) is 0 Å². The quantitative estimate of drug-likeness (QED) is 0.126. The van der Waals surface area contributed by atoms with E-state index in [1.54, 1.807) is 7.11 Å². The average Bonchev–Trinajstić information content (AvgIpc) is 3.54. The highest BCUT2D eigenvalue weighted by atomic mass is 127. The van der Waals surface area contributed by atoms with Crippen molar-refractivity contribution < 1.29 is 19.0 Å². The van der Waals surface area contributed by atoms with Gasteiger partial charge in [-0.15, -0.1) is 0 Å². The molecule has 3 heterocycles. The molecule has 0 unspecified atom stereocenters. The number of imidazole rings is 1. The summed E-state index contributed by atoms with van der Waals surface area (Å²) in [6, 6.07) is 28.1. The van der Waals surface area contributed by atoms with Gasteiger partial charge in [0.15, 0.2) is 28.9 Å². The van der Waals surface area contributed by atoms with Crippen LogP contribution in [-0.2, 0) is 10.3 Å². The van der Waals surface area contributed by atoms with Crippen LogP contribution in [0.25, 0.3) is 11.2 Å². The van der Waals surface area contributed by atoms with Crippen molar-refractivity contribution in [2.24, 2.45) is 0 Å². The molecule has 0 amide bonds. The lowest BCUT2D eigenvalue weighted by Gasteiger charge is -2.37. The number of hydrogen-bond acceptors (Lipinski definition) is 7. The maximum absolute atomic E-state index is 15.8. The van der Waals surface area contributed by atoms with E-state index >= 15 is 4.39 Å². The van der Waals surface area contributed by atoms with Crippen LogP contribution < -0.4 is 10.1 Å². The zero-order valence-electron chi connectivity index (χ0n) is 22.5. The van der Waals surface area contributed by atoms with Gasteiger partial charge in [0.2, 0.25) is 0 Å². The predicted molar refractivity (Wildman–Crippen MR) is 163 cm³/mol. The summed E-state index contributed by atoms with van der Waals surface area (Å²) in [6.45, 7) is 1.35. The molecular formula is C31H29FIN5O3. The van der Waals surface area contributed by atoms with Gasteiger partial charge in [-0.2, -0.15) is 0 Å². The number of fused-ring (bicyclic) bond motifs is 1. The molecule has 1 aliphatic rings. The second-order valence-corrected chi connectivity index (χ2v) is 11.0. The average molecular weight is 666 g/mol. The van der Waals surface area contributed by atoms with Crippen molar-refractivity contribution in [3.63, 3.8) is 0 Å². The molecule has 0 saturated carbocycles. The molecular weight excluding hydrogens is 636 g/mol. The first-order chi connectivity index (χ1) is 19.9. The third-order valence-electron chi connectivity index (χ3n) is 7.72. The molecule has 0 radical (unpaired) electrons. The summed E-state index contributed by atoms with van der Waals surface area (Å²) in [5.74, 6) is 1.20. The molecule has 2 N–H and O–H groups in total. The second-order valence-electron chi connectivity index (χ2n) is 10.2. The summed E-state index contributed by atoms with van der Waals surface area (Å²) >= 11 is 2.09. The second kappa shape index (κ2) is 11.0. The Morgan fingerprint density at radius 1 is 0.976 bits per heavy atom. The molecule has 6 rings (SSSR count). The van der Waals surface area contributed by atoms with E-state index in [1.807, 2.05) is 60.7 Å². The number of halogens is 2. The van der Waals surface area contributed by atoms with Gasteiger partial charge in [0.1, 0.15) is 23.7 Å². The highest BCUT2D eigenvalue weighted by Crippen LogP contribution is 2.44. The number of nitrogens with one attached hydrogen (secondary N) is 1. The fraction of sp³-hybridized carbons (Fsp3) is 0.258. The lowest BCUT2D eigenvalue weighted by Crippen LogP contribution is -2.40. The van der Waals surface area contributed by atoms with Crippen LogP contribution in [0.15, 0.2) is 97.6 Å². The number of aliphatic hydroxyl groups excluding tert-OH is 1. The molecule has 3 aromatic carbocycles. The predicted octanol–water partition coefficient (Wildman–Crippen LogP) is 5.66. The summed E-state index contributed by atoms with van der Waals surface area (Å²) in [7, 11) is 1.64. The van der Waals surface area contributed by atoms with Gasteiger partial charge in [-0.3, -0.25) is 4.57 Å². The van der Waals surface area contributed by atoms with Gasteiger partial charge in [-0.25, -0.2) is 19.3 Å². The maximum Gasteiger partial charge on any atom is 0.181 e. The lowest BCUT2D eigenvalue weighted by atomic mass is 9.77. The highest BCUT2D eigenvalue weighted by molar-refractivity contribution is 14.1. The Hall–Kier alpha value is -3.61. The van der Waals surface area contributed by atoms with Crippen molar-refractivity contribution in [1.82, 2.24) is 19.5 Å². The van der Waals surface area contributed by atoms with Crippen LogP contribution in [0.4, 0.5) is 10.2 Å². The zero-order valence-corrected chi connectivity index (χ0v) is 24.6. The Kier molecular flexibility index (Phi) is 7.39. The van der Waals surface area contributed by atoms with Crippen LogP contribution in [0.5, 0.6) is 5.75 Å². The topological polar surface area (TPSA) is 94.3 Å². The molecule has 210 valence electrons. The number of anilines is 1. The number of alkyl halides is 2. The third kappa shape index (κ3) is 4.63. The fourth-order valence-corrected chi connectivity index (χ4v) is 6.26. The number of nitrogens with zero attached hydrogens (tertiary/aromatic N) is 4. The summed E-state index contributed by atoms with van der Waals surface area (Å²) < 4.78 is 29.2. The highest BCUT2D eigenvalue weighted by Gasteiger charge is 2.55. The van der Waals surface area contributed by atoms with Crippen molar-refractivity contribution in [3.05, 3.63) is 114 Å². The van der Waals surface area contributed by atoms with E-state index in [0.29, 0.717) is 21.4 Å². The van der Waals surface area contributed by atoms with Crippen molar-refractivity contribution in [2.45, 2.75) is 36.6 Å². The van der Waals surface area contributed by atoms with E-state index in [1.165, 1.54) is 24.1 Å². The molecule has 5 aromatic rings. The van der Waals surface area contributed by atoms with E-state index in [-0.39, 0.29) is 0 Å². The third-order valence-corrected chi connectivity index (χ3v) is 8.59. The minimum absolute atomic E-state index is 0.391. The Morgan fingerprint density at radius 3 is 2.15 bits per heavy atom. The summed E-state index contributed by atoms with van der Waals surface area (Å²) in [5, 5.41) is 14.3. The molecule has 4 atom stereocenters. The smallest absolute Gasteiger partial charge is 0.181 e. The van der Waals surface area contributed by atoms with Gasteiger partial charge in [-0.1, -0.05) is 95.4 Å². The first-order valence-electron chi connectivity index (χ1n) is 13.2. The van der Waals surface area contributed by atoms with Crippen LogP contribution >= 0.6 is 22.6 Å². The molecule has 10 heteroatoms. The Bertz CT molecular complexity index is 1590. The van der Waals surface area contributed by atoms with Crippen LogP contribution in [-0.4, -0.2) is 54.0 Å². The Morgan fingerprint density at radius 2 is 1.59 bits per heavy atom.